The molecule has 1 aliphatic heterocycles. The molecule has 2 nitrogen and oxygen atoms in total. The van der Waals surface area contributed by atoms with E-state index < -0.39 is 6.10 Å². The first kappa shape index (κ1) is 13.0. The molecule has 0 amide bonds. The molecular formula is C15H12BrClO2. The lowest BCUT2D eigenvalue weighted by Gasteiger charge is -2.14. The summed E-state index contributed by atoms with van der Waals surface area (Å²) in [6.07, 6.45) is 0.165. The number of hydrogen-bond donors (Lipinski definition) is 1. The zero-order valence-electron chi connectivity index (χ0n) is 10.1. The Labute approximate surface area is 125 Å². The van der Waals surface area contributed by atoms with Crippen LogP contribution in [0.1, 0.15) is 22.8 Å². The molecule has 0 bridgehead atoms. The van der Waals surface area contributed by atoms with Crippen molar-refractivity contribution < 1.29 is 9.84 Å². The van der Waals surface area contributed by atoms with E-state index in [1.807, 2.05) is 36.4 Å². The van der Waals surface area contributed by atoms with Crippen LogP contribution in [0.5, 0.6) is 5.75 Å². The summed E-state index contributed by atoms with van der Waals surface area (Å²) in [5, 5.41) is 11.0. The summed E-state index contributed by atoms with van der Waals surface area (Å²) in [7, 11) is 0. The molecule has 2 aromatic rings. The highest BCUT2D eigenvalue weighted by Gasteiger charge is 2.19. The standard InChI is InChI=1S/C15H12BrClO2/c16-12-3-1-2-11(14(12)17)15(18)10-4-5-13-9(8-10)6-7-19-13/h1-5,8,15,18H,6-7H2. The molecule has 1 unspecified atom stereocenters. The second-order valence-electron chi connectivity index (χ2n) is 4.51. The molecule has 0 aromatic heterocycles. The van der Waals surface area contributed by atoms with Gasteiger partial charge in [0.15, 0.2) is 0 Å². The number of fused-ring (bicyclic) bond motifs is 1. The van der Waals surface area contributed by atoms with Crippen molar-refractivity contribution in [3.63, 3.8) is 0 Å². The molecule has 3 rings (SSSR count). The van der Waals surface area contributed by atoms with Crippen LogP contribution < -0.4 is 4.74 Å². The topological polar surface area (TPSA) is 29.5 Å². The molecule has 0 saturated carbocycles. The highest BCUT2D eigenvalue weighted by atomic mass is 79.9. The first-order chi connectivity index (χ1) is 9.16. The average molecular weight is 340 g/mol. The van der Waals surface area contributed by atoms with Gasteiger partial charge in [0.25, 0.3) is 0 Å². The molecule has 19 heavy (non-hydrogen) atoms. The van der Waals surface area contributed by atoms with E-state index in [4.69, 9.17) is 16.3 Å². The Bertz CT molecular complexity index is 628. The van der Waals surface area contributed by atoms with Gasteiger partial charge in [-0.2, -0.15) is 0 Å². The number of halogens is 2. The molecule has 0 radical (unpaired) electrons. The Morgan fingerprint density at radius 1 is 1.26 bits per heavy atom. The minimum atomic E-state index is -0.726. The maximum atomic E-state index is 10.5. The SMILES string of the molecule is OC(c1ccc2c(c1)CCO2)c1cccc(Br)c1Cl. The summed E-state index contributed by atoms with van der Waals surface area (Å²) in [5.74, 6) is 0.913. The molecule has 0 aliphatic carbocycles. The molecule has 1 heterocycles. The number of ether oxygens (including phenoxy) is 1. The third kappa shape index (κ3) is 2.38. The largest absolute Gasteiger partial charge is 0.493 e. The Kier molecular flexibility index (Phi) is 3.52. The number of aliphatic hydroxyl groups excluding tert-OH is 1. The van der Waals surface area contributed by atoms with Crippen LogP contribution in [0.2, 0.25) is 5.02 Å². The van der Waals surface area contributed by atoms with Crippen LogP contribution in [-0.4, -0.2) is 11.7 Å². The number of aliphatic hydroxyl groups is 1. The predicted molar refractivity (Wildman–Crippen MR) is 78.9 cm³/mol. The fourth-order valence-corrected chi connectivity index (χ4v) is 2.90. The van der Waals surface area contributed by atoms with Gasteiger partial charge in [-0.15, -0.1) is 0 Å². The van der Waals surface area contributed by atoms with Crippen LogP contribution in [0.15, 0.2) is 40.9 Å². The van der Waals surface area contributed by atoms with Crippen LogP contribution in [0.4, 0.5) is 0 Å². The minimum Gasteiger partial charge on any atom is -0.493 e. The normalized spacial score (nSPS) is 14.9. The van der Waals surface area contributed by atoms with E-state index in [1.54, 1.807) is 0 Å². The Balaban J connectivity index is 2.00. The molecule has 1 N–H and O–H groups in total. The molecule has 1 aliphatic rings. The quantitative estimate of drug-likeness (QED) is 0.892. The molecule has 0 spiro atoms. The van der Waals surface area contributed by atoms with Crippen molar-refractivity contribution >= 4 is 27.5 Å². The maximum Gasteiger partial charge on any atom is 0.122 e. The van der Waals surface area contributed by atoms with Crippen molar-refractivity contribution in [2.75, 3.05) is 6.61 Å². The van der Waals surface area contributed by atoms with Gasteiger partial charge in [0.2, 0.25) is 0 Å². The smallest absolute Gasteiger partial charge is 0.122 e. The lowest BCUT2D eigenvalue weighted by Crippen LogP contribution is -2.01. The summed E-state index contributed by atoms with van der Waals surface area (Å²) in [4.78, 5) is 0. The van der Waals surface area contributed by atoms with Gasteiger partial charge >= 0.3 is 0 Å². The van der Waals surface area contributed by atoms with Crippen LogP contribution in [-0.2, 0) is 6.42 Å². The summed E-state index contributed by atoms with van der Waals surface area (Å²) >= 11 is 9.60. The molecule has 4 heteroatoms. The van der Waals surface area contributed by atoms with Gasteiger partial charge in [0.05, 0.1) is 11.6 Å². The van der Waals surface area contributed by atoms with E-state index in [2.05, 4.69) is 15.9 Å². The first-order valence-electron chi connectivity index (χ1n) is 6.04. The van der Waals surface area contributed by atoms with Crippen molar-refractivity contribution in [3.05, 3.63) is 62.6 Å². The van der Waals surface area contributed by atoms with Gasteiger partial charge in [-0.25, -0.2) is 0 Å². The molecule has 0 fully saturated rings. The Hall–Kier alpha value is -1.03. The fourth-order valence-electron chi connectivity index (χ4n) is 2.29. The minimum absolute atomic E-state index is 0.548. The van der Waals surface area contributed by atoms with Gasteiger partial charge in [0.1, 0.15) is 11.9 Å². The zero-order valence-corrected chi connectivity index (χ0v) is 12.4. The van der Waals surface area contributed by atoms with E-state index >= 15 is 0 Å². The van der Waals surface area contributed by atoms with Gasteiger partial charge in [-0.05, 0) is 45.3 Å². The second kappa shape index (κ2) is 5.16. The van der Waals surface area contributed by atoms with E-state index in [9.17, 15) is 5.11 Å². The second-order valence-corrected chi connectivity index (χ2v) is 5.74. The van der Waals surface area contributed by atoms with E-state index in [0.717, 1.165) is 27.8 Å². The lowest BCUT2D eigenvalue weighted by atomic mass is 9.99. The Morgan fingerprint density at radius 2 is 2.11 bits per heavy atom. The highest BCUT2D eigenvalue weighted by Crippen LogP contribution is 2.35. The summed E-state index contributed by atoms with van der Waals surface area (Å²) in [5.41, 5.74) is 2.68. The summed E-state index contributed by atoms with van der Waals surface area (Å²) in [6.45, 7) is 0.715. The molecule has 2 aromatic carbocycles. The van der Waals surface area contributed by atoms with Crippen molar-refractivity contribution in [3.8, 4) is 5.75 Å². The molecule has 98 valence electrons. The number of rotatable bonds is 2. The van der Waals surface area contributed by atoms with Gasteiger partial charge in [-0.1, -0.05) is 29.8 Å². The van der Waals surface area contributed by atoms with E-state index in [-0.39, 0.29) is 0 Å². The zero-order chi connectivity index (χ0) is 13.4. The summed E-state index contributed by atoms with van der Waals surface area (Å²) in [6, 6.07) is 11.3. The third-order valence-corrected chi connectivity index (χ3v) is 4.62. The molecule has 0 saturated heterocycles. The third-order valence-electron chi connectivity index (χ3n) is 3.31. The van der Waals surface area contributed by atoms with Gasteiger partial charge < -0.3 is 9.84 Å². The fraction of sp³-hybridized carbons (Fsp3) is 0.200. The van der Waals surface area contributed by atoms with Gasteiger partial charge in [-0.3, -0.25) is 0 Å². The van der Waals surface area contributed by atoms with E-state index in [1.165, 1.54) is 0 Å². The molecule has 1 atom stereocenters. The summed E-state index contributed by atoms with van der Waals surface area (Å²) < 4.78 is 6.25. The highest BCUT2D eigenvalue weighted by molar-refractivity contribution is 9.10. The lowest BCUT2D eigenvalue weighted by molar-refractivity contribution is 0.220. The number of benzene rings is 2. The van der Waals surface area contributed by atoms with Crippen molar-refractivity contribution in [2.45, 2.75) is 12.5 Å². The van der Waals surface area contributed by atoms with E-state index in [0.29, 0.717) is 17.2 Å². The first-order valence-corrected chi connectivity index (χ1v) is 7.21. The van der Waals surface area contributed by atoms with Crippen molar-refractivity contribution in [2.24, 2.45) is 0 Å². The maximum absolute atomic E-state index is 10.5. The van der Waals surface area contributed by atoms with Crippen molar-refractivity contribution in [1.29, 1.82) is 0 Å². The Morgan fingerprint density at radius 3 is 2.95 bits per heavy atom. The monoisotopic (exact) mass is 338 g/mol. The van der Waals surface area contributed by atoms with Crippen LogP contribution in [0, 0.1) is 0 Å². The van der Waals surface area contributed by atoms with Crippen molar-refractivity contribution in [1.82, 2.24) is 0 Å². The van der Waals surface area contributed by atoms with Gasteiger partial charge in [0, 0.05) is 16.5 Å². The van der Waals surface area contributed by atoms with Crippen LogP contribution in [0.3, 0.4) is 0 Å². The van der Waals surface area contributed by atoms with Crippen LogP contribution in [0.25, 0.3) is 0 Å². The average Bonchev–Trinajstić information content (AvgIpc) is 2.88. The predicted octanol–water partition coefficient (Wildman–Crippen LogP) is 4.12. The number of hydrogen-bond acceptors (Lipinski definition) is 2. The van der Waals surface area contributed by atoms with Crippen LogP contribution >= 0.6 is 27.5 Å². The molecular weight excluding hydrogens is 328 g/mol.